The van der Waals surface area contributed by atoms with Crippen molar-refractivity contribution in [1.29, 1.82) is 0 Å². The van der Waals surface area contributed by atoms with Crippen molar-refractivity contribution < 1.29 is 17.9 Å². The van der Waals surface area contributed by atoms with Gasteiger partial charge in [-0.05, 0) is 36.4 Å². The van der Waals surface area contributed by atoms with Crippen molar-refractivity contribution >= 4 is 27.3 Å². The quantitative estimate of drug-likeness (QED) is 0.666. The fourth-order valence-corrected chi connectivity index (χ4v) is 4.74. The van der Waals surface area contributed by atoms with Crippen molar-refractivity contribution in [3.63, 3.8) is 0 Å². The molecule has 0 spiro atoms. The van der Waals surface area contributed by atoms with E-state index in [1.807, 2.05) is 17.5 Å². The van der Waals surface area contributed by atoms with Gasteiger partial charge < -0.3 is 9.64 Å². The normalized spacial score (nSPS) is 17.3. The Morgan fingerprint density at radius 1 is 1.37 bits per heavy atom. The third-order valence-corrected chi connectivity index (χ3v) is 7.08. The van der Waals surface area contributed by atoms with Crippen molar-refractivity contribution in [1.82, 2.24) is 14.2 Å². The fraction of sp³-hybridized carbons (Fsp3) is 0.444. The smallest absolute Gasteiger partial charge is 0.244 e. The van der Waals surface area contributed by atoms with Crippen LogP contribution in [0.5, 0.6) is 0 Å². The van der Waals surface area contributed by atoms with Gasteiger partial charge in [0.05, 0.1) is 19.2 Å². The van der Waals surface area contributed by atoms with Gasteiger partial charge in [0.2, 0.25) is 15.9 Å². The van der Waals surface area contributed by atoms with Crippen molar-refractivity contribution in [3.8, 4) is 0 Å². The van der Waals surface area contributed by atoms with Crippen LogP contribution in [0.3, 0.4) is 0 Å². The number of amides is 1. The molecule has 1 amide bonds. The van der Waals surface area contributed by atoms with Crippen LogP contribution in [-0.2, 0) is 26.1 Å². The summed E-state index contributed by atoms with van der Waals surface area (Å²) in [5.41, 5.74) is 0. The Kier molecular flexibility index (Phi) is 6.59. The van der Waals surface area contributed by atoms with E-state index in [0.717, 1.165) is 22.0 Å². The molecule has 1 atom stereocenters. The van der Waals surface area contributed by atoms with E-state index in [2.05, 4.69) is 4.98 Å². The summed E-state index contributed by atoms with van der Waals surface area (Å²) in [5.74, 6) is -0.242. The van der Waals surface area contributed by atoms with E-state index in [-0.39, 0.29) is 23.5 Å². The van der Waals surface area contributed by atoms with E-state index in [4.69, 9.17) is 4.74 Å². The minimum Gasteiger partial charge on any atom is -0.376 e. The van der Waals surface area contributed by atoms with Crippen LogP contribution >= 0.6 is 11.3 Å². The van der Waals surface area contributed by atoms with Crippen LogP contribution in [0.1, 0.15) is 17.7 Å². The summed E-state index contributed by atoms with van der Waals surface area (Å²) in [5, 5.41) is 1.96. The van der Waals surface area contributed by atoms with Gasteiger partial charge >= 0.3 is 0 Å². The average Bonchev–Trinajstić information content (AvgIpc) is 3.36. The lowest BCUT2D eigenvalue weighted by atomic mass is 10.2. The Morgan fingerprint density at radius 3 is 2.85 bits per heavy atom. The van der Waals surface area contributed by atoms with E-state index in [1.165, 1.54) is 25.5 Å². The number of aromatic nitrogens is 1. The first-order chi connectivity index (χ1) is 13.0. The van der Waals surface area contributed by atoms with Crippen LogP contribution in [0.2, 0.25) is 0 Å². The molecule has 27 heavy (non-hydrogen) atoms. The molecule has 1 aliphatic rings. The molecule has 2 aromatic heterocycles. The third kappa shape index (κ3) is 5.13. The molecule has 0 aliphatic carbocycles. The van der Waals surface area contributed by atoms with Gasteiger partial charge in [0, 0.05) is 37.5 Å². The predicted octanol–water partition coefficient (Wildman–Crippen LogP) is 1.97. The average molecular weight is 410 g/mol. The maximum Gasteiger partial charge on any atom is 0.244 e. The Balaban J connectivity index is 1.70. The van der Waals surface area contributed by atoms with Gasteiger partial charge in [-0.3, -0.25) is 9.78 Å². The van der Waals surface area contributed by atoms with Crippen LogP contribution in [-0.4, -0.2) is 61.4 Å². The highest BCUT2D eigenvalue weighted by molar-refractivity contribution is 7.89. The number of ether oxygens (including phenoxy) is 1. The first-order valence-corrected chi connectivity index (χ1v) is 11.1. The number of carbonyl (C=O) groups is 1. The Labute approximate surface area is 163 Å². The molecular formula is C18H23N3O4S2. The molecule has 7 nitrogen and oxygen atoms in total. The summed E-state index contributed by atoms with van der Waals surface area (Å²) >= 11 is 1.57. The fourth-order valence-electron chi connectivity index (χ4n) is 2.93. The van der Waals surface area contributed by atoms with E-state index in [9.17, 15) is 13.2 Å². The van der Waals surface area contributed by atoms with Gasteiger partial charge in [-0.1, -0.05) is 6.07 Å². The molecule has 146 valence electrons. The van der Waals surface area contributed by atoms with Crippen molar-refractivity contribution in [2.75, 3.05) is 26.7 Å². The zero-order valence-corrected chi connectivity index (χ0v) is 16.8. The molecule has 0 N–H and O–H groups in total. The van der Waals surface area contributed by atoms with Crippen molar-refractivity contribution in [2.45, 2.75) is 30.4 Å². The van der Waals surface area contributed by atoms with Gasteiger partial charge in [0.15, 0.2) is 0 Å². The number of carbonyl (C=O) groups excluding carboxylic acids is 1. The Hall–Kier alpha value is -1.81. The topological polar surface area (TPSA) is 79.8 Å². The van der Waals surface area contributed by atoms with Crippen LogP contribution in [0.25, 0.3) is 0 Å². The number of rotatable bonds is 8. The van der Waals surface area contributed by atoms with Crippen LogP contribution in [0.15, 0.2) is 46.9 Å². The van der Waals surface area contributed by atoms with Crippen LogP contribution < -0.4 is 0 Å². The second-order valence-corrected chi connectivity index (χ2v) is 9.52. The Morgan fingerprint density at radius 2 is 2.22 bits per heavy atom. The van der Waals surface area contributed by atoms with Crippen molar-refractivity contribution in [3.05, 3.63) is 46.9 Å². The highest BCUT2D eigenvalue weighted by Gasteiger charge is 2.28. The van der Waals surface area contributed by atoms with E-state index < -0.39 is 10.0 Å². The monoisotopic (exact) mass is 409 g/mol. The van der Waals surface area contributed by atoms with Crippen LogP contribution in [0.4, 0.5) is 0 Å². The first kappa shape index (κ1) is 19.9. The summed E-state index contributed by atoms with van der Waals surface area (Å²) in [6, 6.07) is 6.94. The number of nitrogens with zero attached hydrogens (tertiary/aromatic N) is 3. The van der Waals surface area contributed by atoms with E-state index >= 15 is 0 Å². The van der Waals surface area contributed by atoms with E-state index in [1.54, 1.807) is 22.3 Å². The second kappa shape index (κ2) is 8.92. The molecule has 1 fully saturated rings. The Bertz CT molecular complexity index is 835. The lowest BCUT2D eigenvalue weighted by Gasteiger charge is -2.27. The molecule has 2 aromatic rings. The lowest BCUT2D eigenvalue weighted by Crippen LogP contribution is -2.43. The molecule has 0 aromatic carbocycles. The van der Waals surface area contributed by atoms with E-state index in [0.29, 0.717) is 19.7 Å². The third-order valence-electron chi connectivity index (χ3n) is 4.43. The molecule has 9 heteroatoms. The molecular weight excluding hydrogens is 386 g/mol. The van der Waals surface area contributed by atoms with Crippen LogP contribution in [0, 0.1) is 0 Å². The number of hydrogen-bond acceptors (Lipinski definition) is 6. The summed E-state index contributed by atoms with van der Waals surface area (Å²) in [6.07, 6.45) is 4.70. The zero-order valence-electron chi connectivity index (χ0n) is 15.2. The highest BCUT2D eigenvalue weighted by atomic mass is 32.2. The number of pyridine rings is 1. The molecule has 3 rings (SSSR count). The minimum atomic E-state index is -3.76. The molecule has 0 radical (unpaired) electrons. The highest BCUT2D eigenvalue weighted by Crippen LogP contribution is 2.18. The SMILES string of the molecule is CN(CC(=O)N(Cc1cccs1)CC1CCCO1)S(=O)(=O)c1cccnc1. The first-order valence-electron chi connectivity index (χ1n) is 8.75. The molecule has 1 saturated heterocycles. The zero-order chi connectivity index (χ0) is 19.3. The lowest BCUT2D eigenvalue weighted by molar-refractivity contribution is -0.133. The van der Waals surface area contributed by atoms with Gasteiger partial charge in [-0.15, -0.1) is 11.3 Å². The number of hydrogen-bond donors (Lipinski definition) is 0. The minimum absolute atomic E-state index is 0.00847. The maximum atomic E-state index is 12.9. The van der Waals surface area contributed by atoms with Crippen molar-refractivity contribution in [2.24, 2.45) is 0 Å². The predicted molar refractivity (Wildman–Crippen MR) is 103 cm³/mol. The van der Waals surface area contributed by atoms with Gasteiger partial charge in [0.1, 0.15) is 4.90 Å². The summed E-state index contributed by atoms with van der Waals surface area (Å²) in [7, 11) is -2.35. The second-order valence-electron chi connectivity index (χ2n) is 6.44. The van der Waals surface area contributed by atoms with Gasteiger partial charge in [-0.25, -0.2) is 8.42 Å². The molecule has 0 saturated carbocycles. The standard InChI is InChI=1S/C18H23N3O4S2/c1-20(27(23,24)17-7-2-8-19-11-17)14-18(22)21(12-15-5-3-9-25-15)13-16-6-4-10-26-16/h2,4,6-8,10-11,15H,3,5,9,12-14H2,1H3. The molecule has 3 heterocycles. The summed E-state index contributed by atoms with van der Waals surface area (Å²) < 4.78 is 32.0. The maximum absolute atomic E-state index is 12.9. The summed E-state index contributed by atoms with van der Waals surface area (Å²) in [6.45, 7) is 1.41. The number of sulfonamides is 1. The molecule has 0 bridgehead atoms. The van der Waals surface area contributed by atoms with Gasteiger partial charge in [-0.2, -0.15) is 4.31 Å². The number of likely N-dealkylation sites (N-methyl/N-ethyl adjacent to an activating group) is 1. The molecule has 1 unspecified atom stereocenters. The number of thiophene rings is 1. The van der Waals surface area contributed by atoms with Gasteiger partial charge in [0.25, 0.3) is 0 Å². The largest absolute Gasteiger partial charge is 0.376 e. The summed E-state index contributed by atoms with van der Waals surface area (Å²) in [4.78, 5) is 19.6. The molecule has 1 aliphatic heterocycles.